The smallest absolute Gasteiger partial charge is 0.0727 e. The van der Waals surface area contributed by atoms with Gasteiger partial charge >= 0.3 is 0 Å². The van der Waals surface area contributed by atoms with Crippen LogP contribution < -0.4 is 9.80 Å². The standard InChI is InChI=1S/C105H74N2/c1-5-71-37-49-79(50-38-71)103(77-45-33-69(3)34-46-77)95-29-17-13-25-87(95)91-61-57-83(65-99(91)103)106(81-53-41-75(42-54-81)73-21-9-7-10-22-73)85-59-63-93-89-27-15-19-31-97(89)105(101(93)67-85)98-32-20-16-28-90(98)94-64-60-86(68-102(94)105)107(82-55-43-76(44-56-82)74-23-11-8-12-24-74)84-58-62-92-88-26-14-18-30-96(88)104(100(92)66-84,78-47-35-70(4)36-48-78)80-51-39-72(6-2)40-52-80/h5-68H,1-2H2,3-4H3. The molecule has 0 amide bonds. The van der Waals surface area contributed by atoms with E-state index >= 15 is 0 Å². The molecule has 0 N–H and O–H groups in total. The molecule has 0 radical (unpaired) electrons. The Labute approximate surface area is 627 Å². The van der Waals surface area contributed by atoms with E-state index in [4.69, 9.17) is 0 Å². The summed E-state index contributed by atoms with van der Waals surface area (Å²) >= 11 is 0. The van der Waals surface area contributed by atoms with E-state index in [0.29, 0.717) is 0 Å². The molecule has 20 rings (SSSR count). The molecule has 0 saturated heterocycles. The van der Waals surface area contributed by atoms with E-state index in [1.807, 2.05) is 12.2 Å². The fourth-order valence-corrected chi connectivity index (χ4v) is 18.9. The molecular formula is C105H74N2. The van der Waals surface area contributed by atoms with Crippen LogP contribution in [0.15, 0.2) is 389 Å². The molecule has 2 atom stereocenters. The molecule has 0 saturated carbocycles. The van der Waals surface area contributed by atoms with Gasteiger partial charge in [0, 0.05) is 34.1 Å². The summed E-state index contributed by atoms with van der Waals surface area (Å²) in [6.07, 6.45) is 3.88. The highest BCUT2D eigenvalue weighted by Crippen LogP contribution is 2.66. The van der Waals surface area contributed by atoms with Gasteiger partial charge in [-0.15, -0.1) is 0 Å². The van der Waals surface area contributed by atoms with Gasteiger partial charge in [0.05, 0.1) is 16.2 Å². The van der Waals surface area contributed by atoms with Crippen molar-refractivity contribution in [2.45, 2.75) is 30.1 Å². The van der Waals surface area contributed by atoms with Crippen LogP contribution >= 0.6 is 0 Å². The highest BCUT2D eigenvalue weighted by atomic mass is 15.1. The Kier molecular flexibility index (Phi) is 14.7. The molecule has 4 aliphatic rings. The van der Waals surface area contributed by atoms with E-state index in [-0.39, 0.29) is 0 Å². The quantitative estimate of drug-likeness (QED) is 0.107. The van der Waals surface area contributed by atoms with Crippen molar-refractivity contribution in [3.8, 4) is 66.8 Å². The SMILES string of the molecule is C=Cc1ccc(C2(c3ccc(C)cc3)c3ccccc3-c3ccc(N(c4ccc(-c5ccccc5)cc4)c4ccc5c(c4)C4(c6ccccc6-5)c5ccccc5-c5ccc(N(c6ccc(-c7ccccc7)cc6)c6ccc7c(c6)C(c6ccc(C)cc6)(c6ccc(C=C)cc6)c6ccccc6-7)cc54)cc32)cc1. The van der Waals surface area contributed by atoms with Crippen molar-refractivity contribution in [1.29, 1.82) is 0 Å². The van der Waals surface area contributed by atoms with Crippen LogP contribution in [0.3, 0.4) is 0 Å². The van der Waals surface area contributed by atoms with Crippen LogP contribution in [0, 0.1) is 13.8 Å². The van der Waals surface area contributed by atoms with Crippen LogP contribution in [0.1, 0.15) is 89.0 Å². The fraction of sp³-hybridized carbons (Fsp3) is 0.0476. The van der Waals surface area contributed by atoms with Gasteiger partial charge in [-0.2, -0.15) is 0 Å². The number of fused-ring (bicyclic) bond motifs is 16. The first-order valence-electron chi connectivity index (χ1n) is 37.2. The van der Waals surface area contributed by atoms with Crippen LogP contribution in [0.25, 0.3) is 78.9 Å². The van der Waals surface area contributed by atoms with Gasteiger partial charge in [-0.05, 0) is 231 Å². The molecule has 0 aromatic heterocycles. The van der Waals surface area contributed by atoms with Crippen molar-refractivity contribution in [3.63, 3.8) is 0 Å². The maximum Gasteiger partial charge on any atom is 0.0727 e. The van der Waals surface area contributed by atoms with Gasteiger partial charge in [0.2, 0.25) is 0 Å². The first-order chi connectivity index (χ1) is 52.7. The minimum absolute atomic E-state index is 0.651. The second-order valence-corrected chi connectivity index (χ2v) is 29.2. The lowest BCUT2D eigenvalue weighted by molar-refractivity contribution is 0.768. The van der Waals surface area contributed by atoms with E-state index in [9.17, 15) is 0 Å². The molecule has 0 fully saturated rings. The Hall–Kier alpha value is -13.4. The lowest BCUT2D eigenvalue weighted by atomic mass is 9.67. The van der Waals surface area contributed by atoms with Crippen LogP contribution in [0.4, 0.5) is 34.1 Å². The minimum Gasteiger partial charge on any atom is -0.310 e. The molecular weight excluding hydrogens is 1290 g/mol. The van der Waals surface area contributed by atoms with Crippen LogP contribution in [0.2, 0.25) is 0 Å². The van der Waals surface area contributed by atoms with E-state index < -0.39 is 16.2 Å². The second kappa shape index (κ2) is 24.9. The zero-order chi connectivity index (χ0) is 71.5. The average molecular weight is 1360 g/mol. The van der Waals surface area contributed by atoms with Crippen molar-refractivity contribution in [1.82, 2.24) is 0 Å². The zero-order valence-electron chi connectivity index (χ0n) is 59.8. The van der Waals surface area contributed by atoms with Crippen LogP contribution in [-0.4, -0.2) is 0 Å². The summed E-state index contributed by atoms with van der Waals surface area (Å²) in [7, 11) is 0. The van der Waals surface area contributed by atoms with E-state index in [1.165, 1.54) is 134 Å². The number of hydrogen-bond acceptors (Lipinski definition) is 2. The summed E-state index contributed by atoms with van der Waals surface area (Å²) in [5.74, 6) is 0. The number of aryl methyl sites for hydroxylation is 2. The third-order valence-electron chi connectivity index (χ3n) is 23.7. The minimum atomic E-state index is -0.745. The molecule has 2 heteroatoms. The largest absolute Gasteiger partial charge is 0.310 e. The summed E-state index contributed by atoms with van der Waals surface area (Å²) in [5.41, 5.74) is 38.4. The Morgan fingerprint density at radius 2 is 0.439 bits per heavy atom. The lowest BCUT2D eigenvalue weighted by Crippen LogP contribution is -2.29. The Balaban J connectivity index is 0.813. The van der Waals surface area contributed by atoms with Crippen LogP contribution in [-0.2, 0) is 16.2 Å². The topological polar surface area (TPSA) is 6.48 Å². The van der Waals surface area contributed by atoms with E-state index in [0.717, 1.165) is 56.4 Å². The maximum atomic E-state index is 4.18. The molecule has 1 spiro atoms. The summed E-state index contributed by atoms with van der Waals surface area (Å²) in [6, 6.07) is 142. The van der Waals surface area contributed by atoms with Gasteiger partial charge in [0.25, 0.3) is 0 Å². The molecule has 107 heavy (non-hydrogen) atoms. The van der Waals surface area contributed by atoms with Gasteiger partial charge in [-0.25, -0.2) is 0 Å². The molecule has 16 aromatic carbocycles. The first kappa shape index (κ1) is 63.3. The van der Waals surface area contributed by atoms with Gasteiger partial charge < -0.3 is 9.80 Å². The monoisotopic (exact) mass is 1360 g/mol. The maximum absolute atomic E-state index is 4.18. The Morgan fingerprint density at radius 3 is 0.738 bits per heavy atom. The fourth-order valence-electron chi connectivity index (χ4n) is 18.9. The first-order valence-corrected chi connectivity index (χ1v) is 37.2. The molecule has 2 unspecified atom stereocenters. The van der Waals surface area contributed by atoms with E-state index in [2.05, 4.69) is 413 Å². The summed E-state index contributed by atoms with van der Waals surface area (Å²) < 4.78 is 0. The third-order valence-corrected chi connectivity index (χ3v) is 23.7. The van der Waals surface area contributed by atoms with Gasteiger partial charge in [-0.3, -0.25) is 0 Å². The predicted octanol–water partition coefficient (Wildman–Crippen LogP) is 26.9. The van der Waals surface area contributed by atoms with Crippen molar-refractivity contribution >= 4 is 46.3 Å². The highest BCUT2D eigenvalue weighted by molar-refractivity contribution is 5.99. The zero-order valence-corrected chi connectivity index (χ0v) is 59.8. The van der Waals surface area contributed by atoms with Crippen molar-refractivity contribution in [3.05, 3.63) is 478 Å². The molecule has 0 bridgehead atoms. The number of hydrogen-bond donors (Lipinski definition) is 0. The molecule has 16 aromatic rings. The Bertz CT molecular complexity index is 5820. The Morgan fingerprint density at radius 1 is 0.206 bits per heavy atom. The van der Waals surface area contributed by atoms with E-state index in [1.54, 1.807) is 0 Å². The van der Waals surface area contributed by atoms with Gasteiger partial charge in [-0.1, -0.05) is 340 Å². The van der Waals surface area contributed by atoms with Crippen LogP contribution in [0.5, 0.6) is 0 Å². The predicted molar refractivity (Wildman–Crippen MR) is 447 cm³/mol. The number of anilines is 6. The van der Waals surface area contributed by atoms with Crippen molar-refractivity contribution < 1.29 is 0 Å². The van der Waals surface area contributed by atoms with Gasteiger partial charge in [0.15, 0.2) is 0 Å². The average Bonchev–Trinajstić information content (AvgIpc) is 1.51. The summed E-state index contributed by atoms with van der Waals surface area (Å²) in [5, 5.41) is 0. The van der Waals surface area contributed by atoms with Gasteiger partial charge in [0.1, 0.15) is 0 Å². The summed E-state index contributed by atoms with van der Waals surface area (Å²) in [4.78, 5) is 5.04. The molecule has 0 heterocycles. The normalized spacial score (nSPS) is 16.3. The molecule has 504 valence electrons. The number of rotatable bonds is 14. The molecule has 0 aliphatic heterocycles. The third kappa shape index (κ3) is 9.52. The van der Waals surface area contributed by atoms with Crippen molar-refractivity contribution in [2.75, 3.05) is 9.80 Å². The molecule has 4 aliphatic carbocycles. The molecule has 2 nitrogen and oxygen atoms in total. The number of benzene rings is 16. The van der Waals surface area contributed by atoms with Crippen molar-refractivity contribution in [2.24, 2.45) is 0 Å². The number of nitrogens with zero attached hydrogens (tertiary/aromatic N) is 2. The lowest BCUT2D eigenvalue weighted by Gasteiger charge is -2.36. The summed E-state index contributed by atoms with van der Waals surface area (Å²) in [6.45, 7) is 12.7. The highest BCUT2D eigenvalue weighted by Gasteiger charge is 2.53. The second-order valence-electron chi connectivity index (χ2n) is 29.2.